The van der Waals surface area contributed by atoms with Gasteiger partial charge in [-0.15, -0.1) is 23.5 Å². The van der Waals surface area contributed by atoms with E-state index in [9.17, 15) is 9.59 Å². The Labute approximate surface area is 153 Å². The van der Waals surface area contributed by atoms with Crippen molar-refractivity contribution in [2.24, 2.45) is 4.99 Å². The van der Waals surface area contributed by atoms with Gasteiger partial charge in [0.1, 0.15) is 10.1 Å². The molecule has 1 rings (SSSR count). The van der Waals surface area contributed by atoms with Gasteiger partial charge in [0.05, 0.1) is 6.61 Å². The largest absolute Gasteiger partial charge is 0.461 e. The highest BCUT2D eigenvalue weighted by Gasteiger charge is 2.12. The molecule has 4 nitrogen and oxygen atoms in total. The Hall–Kier alpha value is -1.05. The van der Waals surface area contributed by atoms with E-state index >= 15 is 0 Å². The van der Waals surface area contributed by atoms with Gasteiger partial charge < -0.3 is 4.74 Å². The zero-order valence-corrected chi connectivity index (χ0v) is 16.4. The third kappa shape index (κ3) is 6.93. The van der Waals surface area contributed by atoms with Crippen molar-refractivity contribution >= 4 is 55.6 Å². The molecule has 0 bridgehead atoms. The van der Waals surface area contributed by atoms with E-state index in [0.29, 0.717) is 5.56 Å². The van der Waals surface area contributed by atoms with Crippen LogP contribution in [0.5, 0.6) is 0 Å². The molecule has 0 heterocycles. The minimum atomic E-state index is -0.517. The molecule has 0 N–H and O–H groups in total. The molecule has 0 aromatic heterocycles. The molecule has 23 heavy (non-hydrogen) atoms. The number of allylic oxidation sites excluding steroid dienone is 1. The third-order valence-electron chi connectivity index (χ3n) is 2.69. The summed E-state index contributed by atoms with van der Waals surface area (Å²) in [6.07, 6.45) is 5.38. The molecule has 124 valence electrons. The van der Waals surface area contributed by atoms with Gasteiger partial charge in [-0.25, -0.2) is 9.79 Å². The predicted octanol–water partition coefficient (Wildman–Crippen LogP) is 4.55. The van der Waals surface area contributed by atoms with Gasteiger partial charge in [0, 0.05) is 16.5 Å². The van der Waals surface area contributed by atoms with Crippen molar-refractivity contribution in [1.82, 2.24) is 0 Å². The number of esters is 1. The van der Waals surface area contributed by atoms with Crippen LogP contribution in [0, 0.1) is 0 Å². The molecule has 7 heteroatoms. The molecule has 0 saturated carbocycles. The van der Waals surface area contributed by atoms with E-state index in [0.717, 1.165) is 8.85 Å². The molecule has 1 aromatic carbocycles. The van der Waals surface area contributed by atoms with Crippen LogP contribution in [0.25, 0.3) is 0 Å². The number of Topliss-reactive ketones (excluding diaryl/α,β-unsaturated/α-hetero) is 1. The summed E-state index contributed by atoms with van der Waals surface area (Å²) in [6.45, 7) is 2.00. The summed E-state index contributed by atoms with van der Waals surface area (Å²) in [7, 11) is 0. The zero-order valence-electron chi connectivity index (χ0n) is 13.2. The maximum Gasteiger partial charge on any atom is 0.356 e. The second-order valence-corrected chi connectivity index (χ2v) is 6.99. The Bertz CT molecular complexity index is 606. The van der Waals surface area contributed by atoms with E-state index in [1.807, 2.05) is 12.5 Å². The molecule has 0 aliphatic carbocycles. The van der Waals surface area contributed by atoms with Crippen LogP contribution in [0.1, 0.15) is 23.7 Å². The molecule has 0 radical (unpaired) electrons. The predicted molar refractivity (Wildman–Crippen MR) is 102 cm³/mol. The van der Waals surface area contributed by atoms with Gasteiger partial charge in [-0.2, -0.15) is 0 Å². The lowest BCUT2D eigenvalue weighted by Gasteiger charge is -2.05. The van der Waals surface area contributed by atoms with Gasteiger partial charge >= 0.3 is 5.97 Å². The molecule has 0 aliphatic rings. The van der Waals surface area contributed by atoms with Gasteiger partial charge in [0.15, 0.2) is 5.78 Å². The molecule has 0 saturated heterocycles. The van der Waals surface area contributed by atoms with Crippen LogP contribution in [-0.2, 0) is 9.53 Å². The number of carbonyl (C=O) groups is 2. The summed E-state index contributed by atoms with van der Waals surface area (Å²) in [6, 6.07) is 7.09. The third-order valence-corrected chi connectivity index (χ3v) is 5.10. The maximum absolute atomic E-state index is 12.2. The van der Waals surface area contributed by atoms with Crippen molar-refractivity contribution in [1.29, 1.82) is 0 Å². The number of hydrogen-bond acceptors (Lipinski definition) is 6. The van der Waals surface area contributed by atoms with Crippen LogP contribution in [0.4, 0.5) is 0 Å². The first kappa shape index (κ1) is 20.0. The molecular weight excluding hydrogens is 398 g/mol. The average molecular weight is 416 g/mol. The summed E-state index contributed by atoms with van der Waals surface area (Å²) < 4.78 is 6.64. The first-order valence-corrected chi connectivity index (χ1v) is 10.1. The Kier molecular flexibility index (Phi) is 9.28. The topological polar surface area (TPSA) is 55.7 Å². The van der Waals surface area contributed by atoms with E-state index in [2.05, 4.69) is 20.9 Å². The highest BCUT2D eigenvalue weighted by molar-refractivity contribution is 9.10. The lowest BCUT2D eigenvalue weighted by atomic mass is 10.1. The van der Waals surface area contributed by atoms with Crippen LogP contribution < -0.4 is 0 Å². The van der Waals surface area contributed by atoms with Crippen LogP contribution >= 0.6 is 39.5 Å². The molecule has 0 amide bonds. The second kappa shape index (κ2) is 10.7. The van der Waals surface area contributed by atoms with Gasteiger partial charge in [-0.05, 0) is 37.6 Å². The number of rotatable bonds is 6. The van der Waals surface area contributed by atoms with E-state index in [1.165, 1.54) is 29.6 Å². The molecular formula is C16H18BrNO3S2. The normalized spacial score (nSPS) is 11.0. The van der Waals surface area contributed by atoms with Crippen LogP contribution in [0.2, 0.25) is 0 Å². The van der Waals surface area contributed by atoms with Gasteiger partial charge in [-0.1, -0.05) is 28.1 Å². The quantitative estimate of drug-likeness (QED) is 0.224. The van der Waals surface area contributed by atoms with Gasteiger partial charge in [-0.3, -0.25) is 4.79 Å². The summed E-state index contributed by atoms with van der Waals surface area (Å²) in [4.78, 5) is 28.4. The summed E-state index contributed by atoms with van der Waals surface area (Å²) in [5.41, 5.74) is 0.752. The van der Waals surface area contributed by atoms with Crippen LogP contribution in [0.3, 0.4) is 0 Å². The van der Waals surface area contributed by atoms with Crippen molar-refractivity contribution in [2.45, 2.75) is 13.3 Å². The van der Waals surface area contributed by atoms with Crippen molar-refractivity contribution in [3.05, 3.63) is 46.1 Å². The lowest BCUT2D eigenvalue weighted by molar-refractivity contribution is -0.138. The number of carbonyl (C=O) groups excluding carboxylic acids is 2. The minimum absolute atomic E-state index is 0.0793. The van der Waals surface area contributed by atoms with E-state index in [-0.39, 0.29) is 24.5 Å². The maximum atomic E-state index is 12.2. The molecule has 0 unspecified atom stereocenters. The molecule has 0 atom stereocenters. The Morgan fingerprint density at radius 2 is 1.83 bits per heavy atom. The van der Waals surface area contributed by atoms with Crippen LogP contribution in [-0.4, -0.2) is 35.2 Å². The molecule has 0 aliphatic heterocycles. The standard InChI is InChI=1S/C16H18BrNO3S2/c1-4-21-15(20)13(18-16(22-2)23-3)9-10-14(19)11-5-7-12(17)8-6-11/h5-9H,4,10H2,1-3H3/b13-9-. The Morgan fingerprint density at radius 1 is 1.22 bits per heavy atom. The fourth-order valence-corrected chi connectivity index (χ4v) is 2.91. The number of thioether (sulfide) groups is 2. The lowest BCUT2D eigenvalue weighted by Crippen LogP contribution is -2.08. The fraction of sp³-hybridized carbons (Fsp3) is 0.312. The molecule has 1 aromatic rings. The van der Waals surface area contributed by atoms with Gasteiger partial charge in [0.2, 0.25) is 0 Å². The number of hydrogen-bond donors (Lipinski definition) is 0. The van der Waals surface area contributed by atoms with E-state index in [1.54, 1.807) is 31.2 Å². The van der Waals surface area contributed by atoms with Crippen molar-refractivity contribution in [3.63, 3.8) is 0 Å². The smallest absolute Gasteiger partial charge is 0.356 e. The monoisotopic (exact) mass is 415 g/mol. The molecule has 0 spiro atoms. The molecule has 0 fully saturated rings. The second-order valence-electron chi connectivity index (χ2n) is 4.23. The first-order valence-electron chi connectivity index (χ1n) is 6.84. The number of ether oxygens (including phenoxy) is 1. The summed E-state index contributed by atoms with van der Waals surface area (Å²) in [5, 5.41) is 0. The first-order chi connectivity index (χ1) is 11.0. The highest BCUT2D eigenvalue weighted by Crippen LogP contribution is 2.17. The number of nitrogens with zero attached hydrogens (tertiary/aromatic N) is 1. The number of benzene rings is 1. The average Bonchev–Trinajstić information content (AvgIpc) is 2.55. The Morgan fingerprint density at radius 3 is 2.35 bits per heavy atom. The van der Waals surface area contributed by atoms with E-state index < -0.39 is 5.97 Å². The van der Waals surface area contributed by atoms with Crippen molar-refractivity contribution < 1.29 is 14.3 Å². The number of ketones is 1. The van der Waals surface area contributed by atoms with E-state index in [4.69, 9.17) is 4.74 Å². The fourth-order valence-electron chi connectivity index (χ4n) is 1.60. The Balaban J connectivity index is 2.95. The van der Waals surface area contributed by atoms with Crippen molar-refractivity contribution in [3.8, 4) is 0 Å². The van der Waals surface area contributed by atoms with Gasteiger partial charge in [0.25, 0.3) is 0 Å². The van der Waals surface area contributed by atoms with Crippen LogP contribution in [0.15, 0.2) is 45.5 Å². The highest BCUT2D eigenvalue weighted by atomic mass is 79.9. The number of aliphatic imine (C=N–C) groups is 1. The van der Waals surface area contributed by atoms with Crippen molar-refractivity contribution in [2.75, 3.05) is 19.1 Å². The minimum Gasteiger partial charge on any atom is -0.461 e. The zero-order chi connectivity index (χ0) is 17.2. The number of halogens is 1. The summed E-state index contributed by atoms with van der Waals surface area (Å²) in [5.74, 6) is -0.596. The SMILES string of the molecule is CCOC(=O)/C(=C/CC(=O)c1ccc(Br)cc1)N=C(SC)SC. The summed E-state index contributed by atoms with van der Waals surface area (Å²) >= 11 is 6.21.